The molecule has 0 aliphatic heterocycles. The standard InChI is InChI=1S/C11H24OSi/c1-9(2)11(7-12)8-13(5,6)10(3)4/h9,11-12H,3,7-8H2,1-2,4-6H3. The number of allylic oxidation sites excluding steroid dienone is 1. The van der Waals surface area contributed by atoms with Crippen molar-refractivity contribution in [3.05, 3.63) is 11.8 Å². The van der Waals surface area contributed by atoms with Crippen molar-refractivity contribution in [2.24, 2.45) is 11.8 Å². The summed E-state index contributed by atoms with van der Waals surface area (Å²) < 4.78 is 0. The maximum absolute atomic E-state index is 9.23. The van der Waals surface area contributed by atoms with E-state index in [2.05, 4.69) is 40.4 Å². The number of aliphatic hydroxyl groups is 1. The Bertz CT molecular complexity index is 173. The Morgan fingerprint density at radius 2 is 1.85 bits per heavy atom. The molecular weight excluding hydrogens is 176 g/mol. The third-order valence-corrected chi connectivity index (χ3v) is 6.96. The van der Waals surface area contributed by atoms with Crippen LogP contribution in [0.25, 0.3) is 0 Å². The maximum Gasteiger partial charge on any atom is 0.0747 e. The largest absolute Gasteiger partial charge is 0.396 e. The van der Waals surface area contributed by atoms with Crippen molar-refractivity contribution in [2.75, 3.05) is 6.61 Å². The van der Waals surface area contributed by atoms with Gasteiger partial charge in [0.05, 0.1) is 8.07 Å². The first-order valence-electron chi connectivity index (χ1n) is 5.08. The first-order valence-corrected chi connectivity index (χ1v) is 8.28. The fraction of sp³-hybridized carbons (Fsp3) is 0.818. The first kappa shape index (κ1) is 12.9. The fourth-order valence-electron chi connectivity index (χ4n) is 1.34. The summed E-state index contributed by atoms with van der Waals surface area (Å²) in [6.45, 7) is 15.5. The van der Waals surface area contributed by atoms with Crippen LogP contribution in [0.4, 0.5) is 0 Å². The molecule has 0 saturated heterocycles. The molecule has 0 heterocycles. The van der Waals surface area contributed by atoms with Crippen molar-refractivity contribution < 1.29 is 5.11 Å². The van der Waals surface area contributed by atoms with Gasteiger partial charge in [0, 0.05) is 6.61 Å². The van der Waals surface area contributed by atoms with Gasteiger partial charge in [-0.1, -0.05) is 32.1 Å². The molecule has 1 N–H and O–H groups in total. The van der Waals surface area contributed by atoms with Crippen LogP contribution in [-0.4, -0.2) is 19.8 Å². The normalized spacial score (nSPS) is 14.7. The molecule has 0 spiro atoms. The summed E-state index contributed by atoms with van der Waals surface area (Å²) in [6.07, 6.45) is 0. The lowest BCUT2D eigenvalue weighted by atomic mass is 9.99. The minimum Gasteiger partial charge on any atom is -0.396 e. The molecule has 78 valence electrons. The summed E-state index contributed by atoms with van der Waals surface area (Å²) in [5, 5.41) is 10.6. The van der Waals surface area contributed by atoms with Gasteiger partial charge >= 0.3 is 0 Å². The zero-order valence-corrected chi connectivity index (χ0v) is 10.7. The molecule has 0 amide bonds. The van der Waals surface area contributed by atoms with Crippen LogP contribution >= 0.6 is 0 Å². The second-order valence-electron chi connectivity index (χ2n) is 5.06. The van der Waals surface area contributed by atoms with Gasteiger partial charge in [0.2, 0.25) is 0 Å². The molecule has 0 rings (SSSR count). The van der Waals surface area contributed by atoms with Crippen LogP contribution in [0, 0.1) is 11.8 Å². The Hall–Kier alpha value is -0.0831. The highest BCUT2D eigenvalue weighted by molar-refractivity contribution is 6.84. The van der Waals surface area contributed by atoms with Crippen LogP contribution in [0.1, 0.15) is 20.8 Å². The fourth-order valence-corrected chi connectivity index (χ4v) is 3.60. The van der Waals surface area contributed by atoms with E-state index in [4.69, 9.17) is 0 Å². The van der Waals surface area contributed by atoms with E-state index in [0.29, 0.717) is 18.4 Å². The van der Waals surface area contributed by atoms with Crippen LogP contribution in [0.2, 0.25) is 19.1 Å². The molecule has 0 saturated carbocycles. The summed E-state index contributed by atoms with van der Waals surface area (Å²) >= 11 is 0. The van der Waals surface area contributed by atoms with E-state index in [9.17, 15) is 5.11 Å². The molecule has 1 unspecified atom stereocenters. The molecule has 0 aliphatic rings. The molecule has 0 fully saturated rings. The second-order valence-corrected chi connectivity index (χ2v) is 10.1. The Morgan fingerprint density at radius 3 is 2.08 bits per heavy atom. The van der Waals surface area contributed by atoms with Gasteiger partial charge in [-0.2, -0.15) is 0 Å². The SMILES string of the molecule is C=C(C)[Si](C)(C)CC(CO)C(C)C. The third-order valence-electron chi connectivity index (χ3n) is 3.11. The molecule has 0 aromatic rings. The summed E-state index contributed by atoms with van der Waals surface area (Å²) in [7, 11) is -1.28. The molecule has 1 nitrogen and oxygen atoms in total. The van der Waals surface area contributed by atoms with Crippen LogP contribution in [0.3, 0.4) is 0 Å². The Morgan fingerprint density at radius 1 is 1.38 bits per heavy atom. The predicted octanol–water partition coefficient (Wildman–Crippen LogP) is 3.07. The van der Waals surface area contributed by atoms with Gasteiger partial charge < -0.3 is 5.11 Å². The van der Waals surface area contributed by atoms with E-state index in [-0.39, 0.29) is 0 Å². The summed E-state index contributed by atoms with van der Waals surface area (Å²) in [5.41, 5.74) is 0. The van der Waals surface area contributed by atoms with Crippen molar-refractivity contribution in [3.8, 4) is 0 Å². The van der Waals surface area contributed by atoms with E-state index in [1.807, 2.05) is 0 Å². The average Bonchev–Trinajstić information content (AvgIpc) is 1.99. The highest BCUT2D eigenvalue weighted by Crippen LogP contribution is 2.27. The first-order chi connectivity index (χ1) is 5.81. The minimum absolute atomic E-state index is 0.321. The maximum atomic E-state index is 9.23. The van der Waals surface area contributed by atoms with Gasteiger partial charge in [-0.3, -0.25) is 0 Å². The molecule has 2 heteroatoms. The quantitative estimate of drug-likeness (QED) is 0.676. The topological polar surface area (TPSA) is 20.2 Å². The summed E-state index contributed by atoms with van der Waals surface area (Å²) in [5.74, 6) is 1.04. The second kappa shape index (κ2) is 4.96. The third kappa shape index (κ3) is 4.10. The minimum atomic E-state index is -1.28. The van der Waals surface area contributed by atoms with Crippen LogP contribution in [0.15, 0.2) is 11.8 Å². The van der Waals surface area contributed by atoms with E-state index in [0.717, 1.165) is 6.04 Å². The molecule has 0 aliphatic carbocycles. The average molecular weight is 200 g/mol. The lowest BCUT2D eigenvalue weighted by Crippen LogP contribution is -2.33. The molecule has 13 heavy (non-hydrogen) atoms. The smallest absolute Gasteiger partial charge is 0.0747 e. The number of aliphatic hydroxyl groups excluding tert-OH is 1. The lowest BCUT2D eigenvalue weighted by molar-refractivity contribution is 0.202. The van der Waals surface area contributed by atoms with E-state index in [1.54, 1.807) is 0 Å². The van der Waals surface area contributed by atoms with Gasteiger partial charge in [0.15, 0.2) is 0 Å². The lowest BCUT2D eigenvalue weighted by Gasteiger charge is -2.29. The molecule has 0 radical (unpaired) electrons. The van der Waals surface area contributed by atoms with Gasteiger partial charge in [-0.05, 0) is 24.8 Å². The molecular formula is C11H24OSi. The van der Waals surface area contributed by atoms with Gasteiger partial charge in [0.25, 0.3) is 0 Å². The Balaban J connectivity index is 4.30. The molecule has 1 atom stereocenters. The Kier molecular flexibility index (Phi) is 4.93. The molecule has 0 aromatic heterocycles. The van der Waals surface area contributed by atoms with Crippen molar-refractivity contribution in [1.82, 2.24) is 0 Å². The monoisotopic (exact) mass is 200 g/mol. The van der Waals surface area contributed by atoms with Gasteiger partial charge in [0.1, 0.15) is 0 Å². The zero-order chi connectivity index (χ0) is 10.6. The van der Waals surface area contributed by atoms with Crippen LogP contribution in [0.5, 0.6) is 0 Å². The number of hydrogen-bond acceptors (Lipinski definition) is 1. The zero-order valence-electron chi connectivity index (χ0n) is 9.72. The Labute approximate surface area is 83.9 Å². The highest BCUT2D eigenvalue weighted by atomic mass is 28.3. The van der Waals surface area contributed by atoms with Crippen LogP contribution in [-0.2, 0) is 0 Å². The number of rotatable bonds is 5. The van der Waals surface area contributed by atoms with Gasteiger partial charge in [-0.25, -0.2) is 0 Å². The van der Waals surface area contributed by atoms with Crippen LogP contribution < -0.4 is 0 Å². The van der Waals surface area contributed by atoms with Crippen molar-refractivity contribution >= 4 is 8.07 Å². The van der Waals surface area contributed by atoms with Crippen molar-refractivity contribution in [2.45, 2.75) is 39.9 Å². The summed E-state index contributed by atoms with van der Waals surface area (Å²) in [6, 6.07) is 1.16. The van der Waals surface area contributed by atoms with E-state index >= 15 is 0 Å². The predicted molar refractivity (Wildman–Crippen MR) is 62.5 cm³/mol. The van der Waals surface area contributed by atoms with E-state index in [1.165, 1.54) is 5.20 Å². The highest BCUT2D eigenvalue weighted by Gasteiger charge is 2.27. The van der Waals surface area contributed by atoms with Crippen molar-refractivity contribution in [1.29, 1.82) is 0 Å². The van der Waals surface area contributed by atoms with Crippen molar-refractivity contribution in [3.63, 3.8) is 0 Å². The van der Waals surface area contributed by atoms with Gasteiger partial charge in [-0.15, -0.1) is 6.58 Å². The molecule has 0 aromatic carbocycles. The summed E-state index contributed by atoms with van der Waals surface area (Å²) in [4.78, 5) is 0. The number of hydrogen-bond donors (Lipinski definition) is 1. The van der Waals surface area contributed by atoms with E-state index < -0.39 is 8.07 Å². The molecule has 0 bridgehead atoms.